The second kappa shape index (κ2) is 9.49. The summed E-state index contributed by atoms with van der Waals surface area (Å²) in [5.41, 5.74) is 4.89. The molecule has 1 saturated heterocycles. The zero-order chi connectivity index (χ0) is 23.6. The fourth-order valence-electron chi connectivity index (χ4n) is 4.29. The maximum absolute atomic E-state index is 12.9. The van der Waals surface area contributed by atoms with Crippen LogP contribution in [0.2, 0.25) is 0 Å². The first-order chi connectivity index (χ1) is 15.8. The third kappa shape index (κ3) is 4.86. The number of nitrogens with zero attached hydrogens (tertiary/aromatic N) is 3. The van der Waals surface area contributed by atoms with Gasteiger partial charge < -0.3 is 5.32 Å². The second-order valence-electron chi connectivity index (χ2n) is 8.61. The molecule has 0 unspecified atom stereocenters. The molecule has 8 heteroatoms. The third-order valence-corrected chi connectivity index (χ3v) is 8.28. The van der Waals surface area contributed by atoms with Crippen molar-refractivity contribution in [2.45, 2.75) is 45.1 Å². The Morgan fingerprint density at radius 1 is 1.00 bits per heavy atom. The number of piperidine rings is 1. The lowest BCUT2D eigenvalue weighted by Crippen LogP contribution is -2.42. The summed E-state index contributed by atoms with van der Waals surface area (Å²) in [5, 5.41) is 7.68. The van der Waals surface area contributed by atoms with Crippen LogP contribution in [0, 0.1) is 26.7 Å². The molecule has 1 aliphatic heterocycles. The summed E-state index contributed by atoms with van der Waals surface area (Å²) >= 11 is 0. The van der Waals surface area contributed by atoms with Crippen molar-refractivity contribution in [1.82, 2.24) is 19.4 Å². The molecule has 1 aliphatic rings. The highest BCUT2D eigenvalue weighted by Gasteiger charge is 2.32. The number of rotatable bonds is 6. The van der Waals surface area contributed by atoms with Gasteiger partial charge in [0.25, 0.3) is 0 Å². The van der Waals surface area contributed by atoms with Crippen molar-refractivity contribution in [2.75, 3.05) is 13.1 Å². The Kier molecular flexibility index (Phi) is 6.67. The quantitative estimate of drug-likeness (QED) is 0.603. The number of amides is 1. The van der Waals surface area contributed by atoms with E-state index in [1.807, 2.05) is 55.8 Å². The van der Waals surface area contributed by atoms with Crippen molar-refractivity contribution in [3.63, 3.8) is 0 Å². The van der Waals surface area contributed by atoms with Crippen LogP contribution in [0.15, 0.2) is 59.5 Å². The molecular formula is C25H30N4O3S. The van der Waals surface area contributed by atoms with Crippen LogP contribution in [0.25, 0.3) is 5.69 Å². The predicted octanol–water partition coefficient (Wildman–Crippen LogP) is 3.51. The Morgan fingerprint density at radius 2 is 1.64 bits per heavy atom. The van der Waals surface area contributed by atoms with Crippen molar-refractivity contribution in [2.24, 2.45) is 5.92 Å². The number of aryl methyl sites for hydroxylation is 2. The van der Waals surface area contributed by atoms with Crippen LogP contribution in [-0.4, -0.2) is 41.5 Å². The van der Waals surface area contributed by atoms with E-state index < -0.39 is 10.0 Å². The van der Waals surface area contributed by atoms with E-state index in [2.05, 4.69) is 10.4 Å². The lowest BCUT2D eigenvalue weighted by Gasteiger charge is -2.30. The zero-order valence-electron chi connectivity index (χ0n) is 19.3. The smallest absolute Gasteiger partial charge is 0.243 e. The van der Waals surface area contributed by atoms with Crippen LogP contribution < -0.4 is 5.32 Å². The van der Waals surface area contributed by atoms with E-state index in [4.69, 9.17) is 0 Å². The molecule has 4 rings (SSSR count). The summed E-state index contributed by atoms with van der Waals surface area (Å²) in [4.78, 5) is 13.1. The van der Waals surface area contributed by atoms with E-state index in [0.29, 0.717) is 37.4 Å². The lowest BCUT2D eigenvalue weighted by molar-refractivity contribution is -0.126. The van der Waals surface area contributed by atoms with E-state index in [-0.39, 0.29) is 11.8 Å². The first kappa shape index (κ1) is 23.2. The van der Waals surface area contributed by atoms with Crippen molar-refractivity contribution < 1.29 is 13.2 Å². The SMILES string of the molecule is Cc1ccc(S(=O)(=O)N2CCC(C(=O)NCc3c(C)nn(-c4ccccc4)c3C)CC2)cc1. The lowest BCUT2D eigenvalue weighted by atomic mass is 9.97. The molecule has 0 spiro atoms. The number of nitrogens with one attached hydrogen (secondary N) is 1. The molecule has 2 heterocycles. The van der Waals surface area contributed by atoms with Crippen molar-refractivity contribution in [3.05, 3.63) is 77.1 Å². The molecular weight excluding hydrogens is 436 g/mol. The number of aromatic nitrogens is 2. The van der Waals surface area contributed by atoms with Gasteiger partial charge in [-0.1, -0.05) is 35.9 Å². The van der Waals surface area contributed by atoms with Crippen LogP contribution in [0.5, 0.6) is 0 Å². The van der Waals surface area contributed by atoms with E-state index >= 15 is 0 Å². The van der Waals surface area contributed by atoms with Gasteiger partial charge in [-0.25, -0.2) is 13.1 Å². The Balaban J connectivity index is 1.36. The zero-order valence-corrected chi connectivity index (χ0v) is 20.1. The van der Waals surface area contributed by atoms with Crippen molar-refractivity contribution >= 4 is 15.9 Å². The molecule has 3 aromatic rings. The average Bonchev–Trinajstić information content (AvgIpc) is 3.11. The molecule has 1 amide bonds. The van der Waals surface area contributed by atoms with Crippen molar-refractivity contribution in [3.8, 4) is 5.69 Å². The monoisotopic (exact) mass is 466 g/mol. The largest absolute Gasteiger partial charge is 0.352 e. The molecule has 1 N–H and O–H groups in total. The summed E-state index contributed by atoms with van der Waals surface area (Å²) in [5.74, 6) is -0.229. The molecule has 1 fully saturated rings. The average molecular weight is 467 g/mol. The summed E-state index contributed by atoms with van der Waals surface area (Å²) in [6.45, 7) is 6.98. The van der Waals surface area contributed by atoms with Gasteiger partial charge in [0.1, 0.15) is 0 Å². The number of sulfonamides is 1. The Morgan fingerprint density at radius 3 is 2.27 bits per heavy atom. The fourth-order valence-corrected chi connectivity index (χ4v) is 5.76. The molecule has 33 heavy (non-hydrogen) atoms. The van der Waals surface area contributed by atoms with Crippen LogP contribution >= 0.6 is 0 Å². The molecule has 0 saturated carbocycles. The third-order valence-electron chi connectivity index (χ3n) is 6.36. The van der Waals surface area contributed by atoms with Gasteiger partial charge in [-0.3, -0.25) is 4.79 Å². The van der Waals surface area contributed by atoms with Gasteiger partial charge in [0.05, 0.1) is 16.3 Å². The van der Waals surface area contributed by atoms with Crippen LogP contribution in [0.3, 0.4) is 0 Å². The highest BCUT2D eigenvalue weighted by Crippen LogP contribution is 2.25. The minimum absolute atomic E-state index is 0.0337. The van der Waals surface area contributed by atoms with Gasteiger partial charge in [-0.2, -0.15) is 9.40 Å². The maximum atomic E-state index is 12.9. The summed E-state index contributed by atoms with van der Waals surface area (Å²) in [7, 11) is -3.53. The summed E-state index contributed by atoms with van der Waals surface area (Å²) in [6, 6.07) is 16.8. The van der Waals surface area contributed by atoms with E-state index in [1.165, 1.54) is 4.31 Å². The van der Waals surface area contributed by atoms with Crippen LogP contribution in [-0.2, 0) is 21.4 Å². The molecule has 7 nitrogen and oxygen atoms in total. The molecule has 0 atom stereocenters. The van der Waals surface area contributed by atoms with E-state index in [1.54, 1.807) is 24.3 Å². The number of carbonyl (C=O) groups excluding carboxylic acids is 1. The Bertz CT molecular complexity index is 1230. The van der Waals surface area contributed by atoms with Crippen LogP contribution in [0.1, 0.15) is 35.4 Å². The number of benzene rings is 2. The number of para-hydroxylation sites is 1. The van der Waals surface area contributed by atoms with Gasteiger partial charge in [0, 0.05) is 36.8 Å². The van der Waals surface area contributed by atoms with Gasteiger partial charge in [-0.05, 0) is 57.9 Å². The molecule has 0 aliphatic carbocycles. The summed E-state index contributed by atoms with van der Waals surface area (Å²) < 4.78 is 29.2. The maximum Gasteiger partial charge on any atom is 0.243 e. The number of carbonyl (C=O) groups is 1. The Labute approximate surface area is 195 Å². The topological polar surface area (TPSA) is 84.3 Å². The molecule has 0 bridgehead atoms. The van der Waals surface area contributed by atoms with Gasteiger partial charge in [-0.15, -0.1) is 0 Å². The van der Waals surface area contributed by atoms with Gasteiger partial charge in [0.15, 0.2) is 0 Å². The van der Waals surface area contributed by atoms with Crippen LogP contribution in [0.4, 0.5) is 0 Å². The highest BCUT2D eigenvalue weighted by molar-refractivity contribution is 7.89. The normalized spacial score (nSPS) is 15.5. The standard InChI is InChI=1S/C25H30N4O3S/c1-18-9-11-23(12-10-18)33(31,32)28-15-13-21(14-16-28)25(30)26-17-24-19(2)27-29(20(24)3)22-7-5-4-6-8-22/h4-12,21H,13-17H2,1-3H3,(H,26,30). The minimum atomic E-state index is -3.53. The first-order valence-electron chi connectivity index (χ1n) is 11.2. The molecule has 0 radical (unpaired) electrons. The second-order valence-corrected chi connectivity index (χ2v) is 10.5. The first-order valence-corrected chi connectivity index (χ1v) is 12.7. The fraction of sp³-hybridized carbons (Fsp3) is 0.360. The Hall–Kier alpha value is -2.97. The predicted molar refractivity (Wildman–Crippen MR) is 128 cm³/mol. The van der Waals surface area contributed by atoms with E-state index in [0.717, 1.165) is 28.2 Å². The number of hydrogen-bond acceptors (Lipinski definition) is 4. The number of hydrogen-bond donors (Lipinski definition) is 1. The molecule has 2 aromatic carbocycles. The highest BCUT2D eigenvalue weighted by atomic mass is 32.2. The van der Waals surface area contributed by atoms with Gasteiger partial charge in [0.2, 0.25) is 15.9 Å². The van der Waals surface area contributed by atoms with E-state index in [9.17, 15) is 13.2 Å². The van der Waals surface area contributed by atoms with Gasteiger partial charge >= 0.3 is 0 Å². The summed E-state index contributed by atoms with van der Waals surface area (Å²) in [6.07, 6.45) is 1.02. The minimum Gasteiger partial charge on any atom is -0.352 e. The molecule has 1 aromatic heterocycles. The molecule has 174 valence electrons. The van der Waals surface area contributed by atoms with Crippen molar-refractivity contribution in [1.29, 1.82) is 0 Å².